The second-order valence-corrected chi connectivity index (χ2v) is 8.85. The summed E-state index contributed by atoms with van der Waals surface area (Å²) >= 11 is 0. The number of hydrogen-bond donors (Lipinski definition) is 1. The number of methoxy groups -OCH3 is 1. The molecule has 0 aromatic heterocycles. The van der Waals surface area contributed by atoms with Crippen molar-refractivity contribution in [2.75, 3.05) is 53.0 Å². The summed E-state index contributed by atoms with van der Waals surface area (Å²) in [5.41, 5.74) is 1.34. The lowest BCUT2D eigenvalue weighted by Gasteiger charge is -2.37. The van der Waals surface area contributed by atoms with E-state index in [0.29, 0.717) is 11.8 Å². The van der Waals surface area contributed by atoms with Crippen molar-refractivity contribution in [1.29, 1.82) is 0 Å². The molecule has 1 saturated heterocycles. The van der Waals surface area contributed by atoms with E-state index in [4.69, 9.17) is 9.47 Å². The molecule has 1 N–H and O–H groups in total. The first-order chi connectivity index (χ1) is 15.2. The lowest BCUT2D eigenvalue weighted by atomic mass is 9.85. The molecule has 2 aromatic rings. The maximum Gasteiger partial charge on any atom is 0.119 e. The Morgan fingerprint density at radius 2 is 1.61 bits per heavy atom. The first-order valence-electron chi connectivity index (χ1n) is 11.7. The van der Waals surface area contributed by atoms with Gasteiger partial charge in [-0.25, -0.2) is 0 Å². The highest BCUT2D eigenvalue weighted by Crippen LogP contribution is 2.42. The van der Waals surface area contributed by atoms with Crippen molar-refractivity contribution in [3.8, 4) is 11.5 Å². The van der Waals surface area contributed by atoms with Crippen LogP contribution in [-0.4, -0.2) is 74.0 Å². The van der Waals surface area contributed by atoms with Gasteiger partial charge in [-0.3, -0.25) is 9.80 Å². The van der Waals surface area contributed by atoms with Crippen molar-refractivity contribution in [3.63, 3.8) is 0 Å². The summed E-state index contributed by atoms with van der Waals surface area (Å²) < 4.78 is 11.1. The van der Waals surface area contributed by atoms with E-state index in [9.17, 15) is 5.11 Å². The highest BCUT2D eigenvalue weighted by molar-refractivity contribution is 5.30. The molecule has 2 aromatic carbocycles. The van der Waals surface area contributed by atoms with Gasteiger partial charge in [0, 0.05) is 39.3 Å². The molecule has 0 spiro atoms. The number of ether oxygens (including phenoxy) is 2. The monoisotopic (exact) mass is 424 g/mol. The second-order valence-electron chi connectivity index (χ2n) is 8.85. The molecule has 3 atom stereocenters. The van der Waals surface area contributed by atoms with Crippen LogP contribution in [-0.2, 0) is 0 Å². The highest BCUT2D eigenvalue weighted by atomic mass is 16.5. The Kier molecular flexibility index (Phi) is 7.84. The number of β-amino-alcohol motifs (C(OH)–C–C–N with tert-alkyl or cyclic N) is 1. The van der Waals surface area contributed by atoms with E-state index >= 15 is 0 Å². The molecule has 168 valence electrons. The fourth-order valence-corrected chi connectivity index (χ4v) is 5.12. The van der Waals surface area contributed by atoms with Crippen LogP contribution in [0.1, 0.15) is 30.7 Å². The van der Waals surface area contributed by atoms with Crippen molar-refractivity contribution in [1.82, 2.24) is 9.80 Å². The Balaban J connectivity index is 1.20. The number of hydrogen-bond acceptors (Lipinski definition) is 5. The maximum absolute atomic E-state index is 11.1. The van der Waals surface area contributed by atoms with Crippen LogP contribution in [0.3, 0.4) is 0 Å². The first-order valence-corrected chi connectivity index (χ1v) is 11.7. The lowest BCUT2D eigenvalue weighted by molar-refractivity contribution is 0.0356. The predicted octanol–water partition coefficient (Wildman–Crippen LogP) is 3.64. The van der Waals surface area contributed by atoms with Crippen molar-refractivity contribution >= 4 is 0 Å². The van der Waals surface area contributed by atoms with Gasteiger partial charge in [0.25, 0.3) is 0 Å². The quantitative estimate of drug-likeness (QED) is 0.666. The second kappa shape index (κ2) is 11.0. The molecule has 5 nitrogen and oxygen atoms in total. The van der Waals surface area contributed by atoms with E-state index < -0.39 is 0 Å². The van der Waals surface area contributed by atoms with Gasteiger partial charge in [0.2, 0.25) is 0 Å². The Hall–Kier alpha value is -2.08. The Morgan fingerprint density at radius 1 is 0.903 bits per heavy atom. The van der Waals surface area contributed by atoms with Gasteiger partial charge < -0.3 is 14.6 Å². The molecule has 1 aliphatic carbocycles. The van der Waals surface area contributed by atoms with Gasteiger partial charge in [0.05, 0.1) is 13.2 Å². The predicted molar refractivity (Wildman–Crippen MR) is 124 cm³/mol. The molecule has 2 fully saturated rings. The van der Waals surface area contributed by atoms with Crippen LogP contribution in [0.4, 0.5) is 0 Å². The molecule has 0 amide bonds. The van der Waals surface area contributed by atoms with Gasteiger partial charge in [0.1, 0.15) is 18.1 Å². The van der Waals surface area contributed by atoms with E-state index in [1.54, 1.807) is 7.11 Å². The number of para-hydroxylation sites is 1. The largest absolute Gasteiger partial charge is 0.497 e. The summed E-state index contributed by atoms with van der Waals surface area (Å²) in [5, 5.41) is 11.1. The zero-order valence-corrected chi connectivity index (χ0v) is 18.7. The van der Waals surface area contributed by atoms with E-state index in [-0.39, 0.29) is 6.10 Å². The van der Waals surface area contributed by atoms with E-state index in [0.717, 1.165) is 63.8 Å². The molecule has 0 radical (unpaired) electrons. The Morgan fingerprint density at radius 3 is 2.32 bits per heavy atom. The summed E-state index contributed by atoms with van der Waals surface area (Å²) in [5.74, 6) is 2.64. The fourth-order valence-electron chi connectivity index (χ4n) is 5.12. The maximum atomic E-state index is 11.1. The number of piperazine rings is 1. The Labute approximate surface area is 186 Å². The number of nitrogens with zero attached hydrogens (tertiary/aromatic N) is 2. The minimum atomic E-state index is -0.262. The van der Waals surface area contributed by atoms with Crippen LogP contribution >= 0.6 is 0 Å². The molecular weight excluding hydrogens is 388 g/mol. The average molecular weight is 425 g/mol. The van der Waals surface area contributed by atoms with Crippen LogP contribution in [0.5, 0.6) is 11.5 Å². The third-order valence-corrected chi connectivity index (χ3v) is 6.94. The molecule has 2 aliphatic rings. The summed E-state index contributed by atoms with van der Waals surface area (Å²) in [4.78, 5) is 4.89. The molecule has 1 aliphatic heterocycles. The normalized spacial score (nSPS) is 23.5. The minimum absolute atomic E-state index is 0.262. The third-order valence-electron chi connectivity index (χ3n) is 6.94. The van der Waals surface area contributed by atoms with Crippen LogP contribution in [0, 0.1) is 5.92 Å². The van der Waals surface area contributed by atoms with E-state index in [2.05, 4.69) is 21.9 Å². The van der Waals surface area contributed by atoms with Gasteiger partial charge in [-0.2, -0.15) is 0 Å². The van der Waals surface area contributed by atoms with E-state index in [1.165, 1.54) is 18.4 Å². The smallest absolute Gasteiger partial charge is 0.119 e. The zero-order valence-electron chi connectivity index (χ0n) is 18.7. The molecule has 0 bridgehead atoms. The summed E-state index contributed by atoms with van der Waals surface area (Å²) in [6.45, 7) is 6.57. The molecule has 5 heteroatoms. The van der Waals surface area contributed by atoms with Crippen LogP contribution in [0.2, 0.25) is 0 Å². The van der Waals surface area contributed by atoms with Crippen LogP contribution < -0.4 is 9.47 Å². The standard InChI is InChI=1S/C26H36N2O3/c1-30-22-12-10-21(11-13-22)24-8-5-9-25(24)26(29)20-28-16-14-27(15-17-28)18-19-31-23-6-3-2-4-7-23/h2-4,6-7,10-13,24-26,29H,5,8-9,14-20H2,1H3. The molecule has 4 rings (SSSR count). The van der Waals surface area contributed by atoms with Gasteiger partial charge >= 0.3 is 0 Å². The van der Waals surface area contributed by atoms with Gasteiger partial charge in [-0.1, -0.05) is 36.8 Å². The zero-order chi connectivity index (χ0) is 21.5. The number of aliphatic hydroxyl groups excluding tert-OH is 1. The Bertz CT molecular complexity index is 775. The minimum Gasteiger partial charge on any atom is -0.497 e. The molecule has 1 saturated carbocycles. The van der Waals surface area contributed by atoms with Crippen molar-refractivity contribution in [3.05, 3.63) is 60.2 Å². The summed E-state index contributed by atoms with van der Waals surface area (Å²) in [6.07, 6.45) is 3.23. The van der Waals surface area contributed by atoms with Crippen molar-refractivity contribution in [2.24, 2.45) is 5.92 Å². The lowest BCUT2D eigenvalue weighted by Crippen LogP contribution is -2.50. The summed E-state index contributed by atoms with van der Waals surface area (Å²) in [7, 11) is 1.70. The van der Waals surface area contributed by atoms with Gasteiger partial charge in [0.15, 0.2) is 0 Å². The molecule has 3 unspecified atom stereocenters. The topological polar surface area (TPSA) is 45.2 Å². The van der Waals surface area contributed by atoms with E-state index in [1.807, 2.05) is 42.5 Å². The van der Waals surface area contributed by atoms with Gasteiger partial charge in [-0.15, -0.1) is 0 Å². The third kappa shape index (κ3) is 6.00. The number of aliphatic hydroxyl groups is 1. The van der Waals surface area contributed by atoms with Crippen LogP contribution in [0.25, 0.3) is 0 Å². The van der Waals surface area contributed by atoms with Crippen molar-refractivity contribution < 1.29 is 14.6 Å². The first kappa shape index (κ1) is 22.1. The average Bonchev–Trinajstić information content (AvgIpc) is 3.31. The summed E-state index contributed by atoms with van der Waals surface area (Å²) in [6, 6.07) is 18.4. The van der Waals surface area contributed by atoms with Gasteiger partial charge in [-0.05, 0) is 54.5 Å². The molecular formula is C26H36N2O3. The highest BCUT2D eigenvalue weighted by Gasteiger charge is 2.35. The van der Waals surface area contributed by atoms with Crippen molar-refractivity contribution in [2.45, 2.75) is 31.3 Å². The number of benzene rings is 2. The number of rotatable bonds is 9. The fraction of sp³-hybridized carbons (Fsp3) is 0.538. The van der Waals surface area contributed by atoms with Crippen LogP contribution in [0.15, 0.2) is 54.6 Å². The molecule has 31 heavy (non-hydrogen) atoms. The molecule has 1 heterocycles. The SMILES string of the molecule is COc1ccc(C2CCCC2C(O)CN2CCN(CCOc3ccccc3)CC2)cc1.